The van der Waals surface area contributed by atoms with Crippen LogP contribution in [0.3, 0.4) is 0 Å². The second kappa shape index (κ2) is 7.25. The standard InChI is InChI=1S/C20H18F3N7O/c21-20(22,23)12-26-19-25-9-15-14(5-8-30(15)27-19)13-3-4-17-24-10-16(29(17)11-13)18(31)28-6-1-2-7-28/h3-5,8-11H,1-2,6-7,12H2,(H,26,27). The van der Waals surface area contributed by atoms with Gasteiger partial charge in [-0.3, -0.25) is 9.20 Å². The second-order valence-corrected chi connectivity index (χ2v) is 7.40. The number of nitrogens with zero attached hydrogens (tertiary/aromatic N) is 6. The number of fused-ring (bicyclic) bond motifs is 2. The largest absolute Gasteiger partial charge is 0.405 e. The van der Waals surface area contributed by atoms with E-state index in [1.807, 2.05) is 23.2 Å². The number of alkyl halides is 3. The van der Waals surface area contributed by atoms with Gasteiger partial charge in [-0.15, -0.1) is 5.10 Å². The number of carbonyl (C=O) groups is 1. The van der Waals surface area contributed by atoms with E-state index in [2.05, 4.69) is 20.4 Å². The Morgan fingerprint density at radius 3 is 2.68 bits per heavy atom. The third-order valence-electron chi connectivity index (χ3n) is 5.29. The molecule has 1 aliphatic rings. The highest BCUT2D eigenvalue weighted by Gasteiger charge is 2.27. The first-order valence-corrected chi connectivity index (χ1v) is 9.81. The van der Waals surface area contributed by atoms with Gasteiger partial charge in [0.1, 0.15) is 17.9 Å². The van der Waals surface area contributed by atoms with Crippen LogP contribution in [-0.4, -0.2) is 60.6 Å². The number of likely N-dealkylation sites (tertiary alicyclic amines) is 1. The lowest BCUT2D eigenvalue weighted by molar-refractivity contribution is -0.115. The molecule has 1 saturated heterocycles. The van der Waals surface area contributed by atoms with Crippen LogP contribution in [0.5, 0.6) is 0 Å². The van der Waals surface area contributed by atoms with Crippen LogP contribution in [0, 0.1) is 0 Å². The second-order valence-electron chi connectivity index (χ2n) is 7.40. The third kappa shape index (κ3) is 3.66. The van der Waals surface area contributed by atoms with Crippen LogP contribution < -0.4 is 5.32 Å². The lowest BCUT2D eigenvalue weighted by atomic mass is 10.1. The summed E-state index contributed by atoms with van der Waals surface area (Å²) in [4.78, 5) is 23.0. The van der Waals surface area contributed by atoms with Crippen LogP contribution in [0.1, 0.15) is 23.3 Å². The summed E-state index contributed by atoms with van der Waals surface area (Å²) in [5.74, 6) is -0.164. The Labute approximate surface area is 174 Å². The number of imidazole rings is 1. The maximum absolute atomic E-state index is 12.9. The highest BCUT2D eigenvalue weighted by molar-refractivity contribution is 5.93. The molecule has 0 atom stereocenters. The summed E-state index contributed by atoms with van der Waals surface area (Å²) in [6, 6.07) is 5.49. The Morgan fingerprint density at radius 2 is 1.90 bits per heavy atom. The molecule has 4 aromatic rings. The number of anilines is 1. The highest BCUT2D eigenvalue weighted by atomic mass is 19.4. The molecule has 4 aromatic heterocycles. The number of aromatic nitrogens is 5. The summed E-state index contributed by atoms with van der Waals surface area (Å²) in [5.41, 5.74) is 3.38. The zero-order chi connectivity index (χ0) is 21.6. The van der Waals surface area contributed by atoms with Crippen molar-refractivity contribution in [2.75, 3.05) is 25.0 Å². The molecule has 1 amide bonds. The number of rotatable bonds is 4. The zero-order valence-corrected chi connectivity index (χ0v) is 16.3. The van der Waals surface area contributed by atoms with Gasteiger partial charge < -0.3 is 10.2 Å². The minimum atomic E-state index is -4.36. The molecule has 11 heteroatoms. The van der Waals surface area contributed by atoms with Crippen molar-refractivity contribution in [1.82, 2.24) is 28.9 Å². The lowest BCUT2D eigenvalue weighted by Crippen LogP contribution is -2.28. The Hall–Kier alpha value is -3.63. The maximum Gasteiger partial charge on any atom is 0.405 e. The Kier molecular flexibility index (Phi) is 4.53. The molecule has 0 unspecified atom stereocenters. The van der Waals surface area contributed by atoms with Gasteiger partial charge in [-0.1, -0.05) is 0 Å². The van der Waals surface area contributed by atoms with Crippen molar-refractivity contribution in [2.45, 2.75) is 19.0 Å². The van der Waals surface area contributed by atoms with Gasteiger partial charge in [0.25, 0.3) is 5.91 Å². The van der Waals surface area contributed by atoms with E-state index in [1.54, 1.807) is 22.9 Å². The number of halogens is 3. The van der Waals surface area contributed by atoms with Crippen molar-refractivity contribution >= 4 is 23.0 Å². The van der Waals surface area contributed by atoms with Gasteiger partial charge in [-0.2, -0.15) is 13.2 Å². The first-order chi connectivity index (χ1) is 14.9. The molecule has 160 valence electrons. The predicted molar refractivity (Wildman–Crippen MR) is 107 cm³/mol. The van der Waals surface area contributed by atoms with E-state index >= 15 is 0 Å². The minimum absolute atomic E-state index is 0.0485. The molecule has 1 fully saturated rings. The Morgan fingerprint density at radius 1 is 1.10 bits per heavy atom. The van der Waals surface area contributed by atoms with Gasteiger partial charge >= 0.3 is 6.18 Å². The van der Waals surface area contributed by atoms with Gasteiger partial charge in [-0.25, -0.2) is 14.5 Å². The van der Waals surface area contributed by atoms with E-state index in [-0.39, 0.29) is 11.9 Å². The number of pyridine rings is 1. The fourth-order valence-electron chi connectivity index (χ4n) is 3.79. The average Bonchev–Trinajstić information content (AvgIpc) is 3.49. The number of hydrogen-bond acceptors (Lipinski definition) is 5. The van der Waals surface area contributed by atoms with Crippen molar-refractivity contribution < 1.29 is 18.0 Å². The number of amides is 1. The molecule has 8 nitrogen and oxygen atoms in total. The van der Waals surface area contributed by atoms with E-state index in [0.29, 0.717) is 16.9 Å². The number of hydrogen-bond donors (Lipinski definition) is 1. The van der Waals surface area contributed by atoms with Crippen molar-refractivity contribution in [3.8, 4) is 11.1 Å². The summed E-state index contributed by atoms with van der Waals surface area (Å²) >= 11 is 0. The first kappa shape index (κ1) is 19.3. The smallest absolute Gasteiger partial charge is 0.344 e. The molecule has 0 saturated carbocycles. The molecule has 0 radical (unpaired) electrons. The maximum atomic E-state index is 12.9. The van der Waals surface area contributed by atoms with Gasteiger partial charge in [0, 0.05) is 36.6 Å². The quantitative estimate of drug-likeness (QED) is 0.539. The van der Waals surface area contributed by atoms with Gasteiger partial charge in [0.05, 0.1) is 17.9 Å². The molecule has 31 heavy (non-hydrogen) atoms. The monoisotopic (exact) mass is 429 g/mol. The van der Waals surface area contributed by atoms with Crippen LogP contribution in [0.2, 0.25) is 0 Å². The summed E-state index contributed by atoms with van der Waals surface area (Å²) in [6.07, 6.45) is 4.18. The molecule has 0 spiro atoms. The van der Waals surface area contributed by atoms with E-state index in [1.165, 1.54) is 10.7 Å². The van der Waals surface area contributed by atoms with Crippen LogP contribution >= 0.6 is 0 Å². The minimum Gasteiger partial charge on any atom is -0.344 e. The molecule has 0 aliphatic carbocycles. The van der Waals surface area contributed by atoms with Gasteiger partial charge in [0.15, 0.2) is 0 Å². The summed E-state index contributed by atoms with van der Waals surface area (Å²) in [6.45, 7) is 0.285. The third-order valence-corrected chi connectivity index (χ3v) is 5.29. The van der Waals surface area contributed by atoms with Crippen LogP contribution in [-0.2, 0) is 0 Å². The molecule has 5 heterocycles. The number of nitrogens with one attached hydrogen (secondary N) is 1. The average molecular weight is 429 g/mol. The SMILES string of the molecule is O=C(c1cnc2ccc(-c3ccn4nc(NCC(F)(F)F)ncc34)cn12)N1CCCC1. The summed E-state index contributed by atoms with van der Waals surface area (Å²) in [5, 5.41) is 6.26. The van der Waals surface area contributed by atoms with Gasteiger partial charge in [-0.05, 0) is 31.0 Å². The summed E-state index contributed by atoms with van der Waals surface area (Å²) in [7, 11) is 0. The van der Waals surface area contributed by atoms with Crippen LogP contribution in [0.25, 0.3) is 22.3 Å². The van der Waals surface area contributed by atoms with Crippen molar-refractivity contribution in [2.24, 2.45) is 0 Å². The zero-order valence-electron chi connectivity index (χ0n) is 16.3. The number of carbonyl (C=O) groups excluding carboxylic acids is 1. The van der Waals surface area contributed by atoms with Crippen molar-refractivity contribution in [3.63, 3.8) is 0 Å². The molecular weight excluding hydrogens is 411 g/mol. The predicted octanol–water partition coefficient (Wildman–Crippen LogP) is 3.25. The fraction of sp³-hybridized carbons (Fsp3) is 0.300. The molecule has 1 N–H and O–H groups in total. The van der Waals surface area contributed by atoms with E-state index < -0.39 is 12.7 Å². The van der Waals surface area contributed by atoms with Crippen molar-refractivity contribution in [3.05, 3.63) is 48.7 Å². The van der Waals surface area contributed by atoms with E-state index in [4.69, 9.17) is 0 Å². The summed E-state index contributed by atoms with van der Waals surface area (Å²) < 4.78 is 40.5. The molecule has 0 aromatic carbocycles. The molecule has 0 bridgehead atoms. The molecule has 1 aliphatic heterocycles. The Bertz CT molecular complexity index is 1270. The molecule has 5 rings (SSSR count). The van der Waals surface area contributed by atoms with Crippen molar-refractivity contribution in [1.29, 1.82) is 0 Å². The van der Waals surface area contributed by atoms with E-state index in [0.717, 1.165) is 37.1 Å². The molecular formula is C20H18F3N7O. The van der Waals surface area contributed by atoms with Gasteiger partial charge in [0.2, 0.25) is 5.95 Å². The topological polar surface area (TPSA) is 79.8 Å². The first-order valence-electron chi connectivity index (χ1n) is 9.81. The lowest BCUT2D eigenvalue weighted by Gasteiger charge is -2.14. The van der Waals surface area contributed by atoms with Crippen LogP contribution in [0.15, 0.2) is 43.0 Å². The fourth-order valence-corrected chi connectivity index (χ4v) is 3.79. The normalized spacial score (nSPS) is 14.6. The van der Waals surface area contributed by atoms with E-state index in [9.17, 15) is 18.0 Å². The Balaban J connectivity index is 1.48. The highest BCUT2D eigenvalue weighted by Crippen LogP contribution is 2.27. The van der Waals surface area contributed by atoms with Crippen LogP contribution in [0.4, 0.5) is 19.1 Å².